The molecule has 1 unspecified atom stereocenters. The summed E-state index contributed by atoms with van der Waals surface area (Å²) in [5, 5.41) is 3.52. The summed E-state index contributed by atoms with van der Waals surface area (Å²) in [4.78, 5) is 2.64. The van der Waals surface area contributed by atoms with E-state index in [1.165, 1.54) is 64.7 Å². The molecule has 1 N–H and O–H groups in total. The molecular formula is C17H36N2O. The number of hydrogen-bond acceptors (Lipinski definition) is 3. The van der Waals surface area contributed by atoms with Crippen LogP contribution in [0.2, 0.25) is 0 Å². The summed E-state index contributed by atoms with van der Waals surface area (Å²) in [6.45, 7) is 11.7. The second-order valence-electron chi connectivity index (χ2n) is 6.78. The van der Waals surface area contributed by atoms with Crippen molar-refractivity contribution in [2.75, 3.05) is 46.4 Å². The Hall–Kier alpha value is -0.120. The van der Waals surface area contributed by atoms with E-state index in [-0.39, 0.29) is 0 Å². The van der Waals surface area contributed by atoms with Gasteiger partial charge in [-0.1, -0.05) is 26.7 Å². The smallest absolute Gasteiger partial charge is 0.0502 e. The lowest BCUT2D eigenvalue weighted by Gasteiger charge is -2.32. The van der Waals surface area contributed by atoms with Gasteiger partial charge in [-0.3, -0.25) is 0 Å². The maximum atomic E-state index is 5.29. The van der Waals surface area contributed by atoms with Crippen LogP contribution in [0.25, 0.3) is 0 Å². The molecule has 20 heavy (non-hydrogen) atoms. The Morgan fingerprint density at radius 2 is 2.00 bits per heavy atom. The van der Waals surface area contributed by atoms with Crippen LogP contribution in [-0.2, 0) is 4.74 Å². The van der Waals surface area contributed by atoms with Crippen LogP contribution >= 0.6 is 0 Å². The predicted molar refractivity (Wildman–Crippen MR) is 87.2 cm³/mol. The number of rotatable bonds is 11. The third kappa shape index (κ3) is 8.93. The second kappa shape index (κ2) is 11.5. The normalized spacial score (nSPS) is 20.7. The summed E-state index contributed by atoms with van der Waals surface area (Å²) in [5.41, 5.74) is 0. The zero-order chi connectivity index (χ0) is 14.6. The molecule has 0 amide bonds. The highest BCUT2D eigenvalue weighted by molar-refractivity contribution is 4.72. The minimum absolute atomic E-state index is 0.772. The van der Waals surface area contributed by atoms with Crippen LogP contribution in [0.3, 0.4) is 0 Å². The number of hydrogen-bond donors (Lipinski definition) is 1. The molecule has 0 spiro atoms. The number of nitrogens with zero attached hydrogens (tertiary/aromatic N) is 1. The fourth-order valence-corrected chi connectivity index (χ4v) is 3.06. The van der Waals surface area contributed by atoms with E-state index < -0.39 is 0 Å². The van der Waals surface area contributed by atoms with Crippen LogP contribution in [0, 0.1) is 11.8 Å². The lowest BCUT2D eigenvalue weighted by Crippen LogP contribution is -2.37. The Kier molecular flexibility index (Phi) is 10.3. The summed E-state index contributed by atoms with van der Waals surface area (Å²) in [5.74, 6) is 1.54. The molecule has 0 saturated carbocycles. The van der Waals surface area contributed by atoms with Gasteiger partial charge < -0.3 is 15.0 Å². The molecule has 3 nitrogen and oxygen atoms in total. The number of nitrogens with one attached hydrogen (secondary N) is 1. The third-order valence-corrected chi connectivity index (χ3v) is 4.14. The van der Waals surface area contributed by atoms with Crippen LogP contribution in [0.4, 0.5) is 0 Å². The van der Waals surface area contributed by atoms with E-state index in [1.807, 2.05) is 7.11 Å². The molecule has 0 radical (unpaired) electrons. The maximum Gasteiger partial charge on any atom is 0.0502 e. The van der Waals surface area contributed by atoms with Gasteiger partial charge in [-0.25, -0.2) is 0 Å². The van der Waals surface area contributed by atoms with Gasteiger partial charge in [0.05, 0.1) is 6.61 Å². The molecule has 3 heteroatoms. The quantitative estimate of drug-likeness (QED) is 0.590. The first-order valence-corrected chi connectivity index (χ1v) is 8.64. The van der Waals surface area contributed by atoms with Gasteiger partial charge in [-0.05, 0) is 63.7 Å². The largest absolute Gasteiger partial charge is 0.384 e. The molecule has 1 aliphatic heterocycles. The SMILES string of the molecule is COCC1CCCN(CCCCCCNCC(C)C)C1. The van der Waals surface area contributed by atoms with E-state index >= 15 is 0 Å². The number of methoxy groups -OCH3 is 1. The molecular weight excluding hydrogens is 248 g/mol. The zero-order valence-corrected chi connectivity index (χ0v) is 14.0. The maximum absolute atomic E-state index is 5.29. The van der Waals surface area contributed by atoms with Crippen LogP contribution in [0.1, 0.15) is 52.4 Å². The summed E-state index contributed by atoms with van der Waals surface area (Å²) in [6, 6.07) is 0. The highest BCUT2D eigenvalue weighted by atomic mass is 16.5. The van der Waals surface area contributed by atoms with Crippen molar-refractivity contribution in [2.24, 2.45) is 11.8 Å². The van der Waals surface area contributed by atoms with Crippen LogP contribution in [0.5, 0.6) is 0 Å². The number of ether oxygens (including phenoxy) is 1. The van der Waals surface area contributed by atoms with E-state index in [0.29, 0.717) is 0 Å². The van der Waals surface area contributed by atoms with E-state index in [4.69, 9.17) is 4.74 Å². The van der Waals surface area contributed by atoms with Crippen molar-refractivity contribution >= 4 is 0 Å². The fourth-order valence-electron chi connectivity index (χ4n) is 3.06. The Bertz CT molecular complexity index is 219. The summed E-state index contributed by atoms with van der Waals surface area (Å²) in [6.07, 6.45) is 8.16. The Labute approximate surface area is 126 Å². The van der Waals surface area contributed by atoms with Crippen molar-refractivity contribution in [3.63, 3.8) is 0 Å². The highest BCUT2D eigenvalue weighted by Crippen LogP contribution is 2.17. The van der Waals surface area contributed by atoms with Crippen molar-refractivity contribution in [1.82, 2.24) is 10.2 Å². The molecule has 1 rings (SSSR count). The predicted octanol–water partition coefficient (Wildman–Crippen LogP) is 3.15. The topological polar surface area (TPSA) is 24.5 Å². The van der Waals surface area contributed by atoms with Crippen molar-refractivity contribution < 1.29 is 4.74 Å². The molecule has 0 aromatic carbocycles. The lowest BCUT2D eigenvalue weighted by atomic mass is 9.98. The highest BCUT2D eigenvalue weighted by Gasteiger charge is 2.18. The van der Waals surface area contributed by atoms with Gasteiger partial charge in [0.1, 0.15) is 0 Å². The molecule has 1 saturated heterocycles. The average molecular weight is 284 g/mol. The van der Waals surface area contributed by atoms with Crippen molar-refractivity contribution in [1.29, 1.82) is 0 Å². The van der Waals surface area contributed by atoms with E-state index in [9.17, 15) is 0 Å². The Morgan fingerprint density at radius 3 is 2.75 bits per heavy atom. The molecule has 0 aliphatic carbocycles. The summed E-state index contributed by atoms with van der Waals surface area (Å²) >= 11 is 0. The van der Waals surface area contributed by atoms with Crippen LogP contribution in [0.15, 0.2) is 0 Å². The molecule has 0 aromatic heterocycles. The zero-order valence-electron chi connectivity index (χ0n) is 14.0. The number of likely N-dealkylation sites (tertiary alicyclic amines) is 1. The summed E-state index contributed by atoms with van der Waals surface area (Å²) in [7, 11) is 1.83. The van der Waals surface area contributed by atoms with Crippen LogP contribution in [-0.4, -0.2) is 51.3 Å². The van der Waals surface area contributed by atoms with Gasteiger partial charge in [0.2, 0.25) is 0 Å². The Morgan fingerprint density at radius 1 is 1.20 bits per heavy atom. The van der Waals surface area contributed by atoms with E-state index in [2.05, 4.69) is 24.1 Å². The first-order valence-electron chi connectivity index (χ1n) is 8.64. The van der Waals surface area contributed by atoms with E-state index in [0.717, 1.165) is 25.0 Å². The van der Waals surface area contributed by atoms with E-state index in [1.54, 1.807) is 0 Å². The standard InChI is InChI=1S/C17H36N2O/c1-16(2)13-18-10-6-4-5-7-11-19-12-8-9-17(14-19)15-20-3/h16-18H,4-15H2,1-3H3. The first kappa shape index (κ1) is 17.9. The second-order valence-corrected chi connectivity index (χ2v) is 6.78. The minimum Gasteiger partial charge on any atom is -0.384 e. The fraction of sp³-hybridized carbons (Fsp3) is 1.00. The molecule has 1 aliphatic rings. The van der Waals surface area contributed by atoms with Crippen molar-refractivity contribution in [2.45, 2.75) is 52.4 Å². The minimum atomic E-state index is 0.772. The van der Waals surface area contributed by atoms with Crippen molar-refractivity contribution in [3.8, 4) is 0 Å². The monoisotopic (exact) mass is 284 g/mol. The van der Waals surface area contributed by atoms with Crippen molar-refractivity contribution in [3.05, 3.63) is 0 Å². The third-order valence-electron chi connectivity index (χ3n) is 4.14. The Balaban J connectivity index is 1.90. The molecule has 1 atom stereocenters. The molecule has 1 heterocycles. The molecule has 120 valence electrons. The molecule has 1 fully saturated rings. The van der Waals surface area contributed by atoms with Gasteiger partial charge in [-0.2, -0.15) is 0 Å². The van der Waals surface area contributed by atoms with Gasteiger partial charge in [-0.15, -0.1) is 0 Å². The number of unbranched alkanes of at least 4 members (excludes halogenated alkanes) is 3. The van der Waals surface area contributed by atoms with Gasteiger partial charge in [0.15, 0.2) is 0 Å². The van der Waals surface area contributed by atoms with Gasteiger partial charge in [0.25, 0.3) is 0 Å². The number of piperidine rings is 1. The molecule has 0 bridgehead atoms. The lowest BCUT2D eigenvalue weighted by molar-refractivity contribution is 0.0898. The molecule has 0 aromatic rings. The summed E-state index contributed by atoms with van der Waals surface area (Å²) < 4.78 is 5.29. The van der Waals surface area contributed by atoms with Gasteiger partial charge >= 0.3 is 0 Å². The average Bonchev–Trinajstić information content (AvgIpc) is 2.42. The van der Waals surface area contributed by atoms with Crippen LogP contribution < -0.4 is 5.32 Å². The van der Waals surface area contributed by atoms with Gasteiger partial charge in [0, 0.05) is 13.7 Å². The first-order chi connectivity index (χ1) is 9.72.